The number of piperidine rings is 2. The molecule has 0 amide bonds. The molecular weight excluding hydrogens is 452 g/mol. The van der Waals surface area contributed by atoms with Gasteiger partial charge < -0.3 is 19.3 Å². The van der Waals surface area contributed by atoms with E-state index in [0.29, 0.717) is 44.1 Å². The number of esters is 3. The lowest BCUT2D eigenvalue weighted by Crippen LogP contribution is -2.46. The van der Waals surface area contributed by atoms with Crippen molar-refractivity contribution in [2.75, 3.05) is 14.1 Å². The highest BCUT2D eigenvalue weighted by Gasteiger charge is 2.48. The van der Waals surface area contributed by atoms with Crippen molar-refractivity contribution in [3.05, 3.63) is 23.3 Å². The Morgan fingerprint density at radius 2 is 1.31 bits per heavy atom. The molecule has 1 N–H and O–H groups in total. The molecule has 4 heterocycles. The number of aliphatic hydroxyl groups excluding tert-OH is 1. The summed E-state index contributed by atoms with van der Waals surface area (Å²) in [6.45, 7) is 5.09. The summed E-state index contributed by atoms with van der Waals surface area (Å²) in [4.78, 5) is 41.8. The number of ether oxygens (including phenoxy) is 3. The van der Waals surface area contributed by atoms with Gasteiger partial charge in [0.2, 0.25) is 0 Å². The Bertz CT molecular complexity index is 915. The molecule has 0 radical (unpaired) electrons. The zero-order chi connectivity index (χ0) is 25.4. The summed E-state index contributed by atoms with van der Waals surface area (Å²) in [5, 5.41) is 10.0. The van der Waals surface area contributed by atoms with Crippen LogP contribution in [0.4, 0.5) is 0 Å². The van der Waals surface area contributed by atoms with Crippen LogP contribution in [0, 0.1) is 0 Å². The summed E-state index contributed by atoms with van der Waals surface area (Å²) in [6, 6.07) is 0.366. The van der Waals surface area contributed by atoms with Gasteiger partial charge in [-0.1, -0.05) is 6.08 Å². The van der Waals surface area contributed by atoms with E-state index >= 15 is 0 Å². The molecule has 0 aromatic heterocycles. The Labute approximate surface area is 207 Å². The molecule has 0 saturated carbocycles. The first-order valence-electron chi connectivity index (χ1n) is 12.6. The highest BCUT2D eigenvalue weighted by atomic mass is 16.6. The van der Waals surface area contributed by atoms with Gasteiger partial charge in [-0.2, -0.15) is 0 Å². The van der Waals surface area contributed by atoms with Crippen LogP contribution in [0.15, 0.2) is 23.3 Å². The van der Waals surface area contributed by atoms with Crippen LogP contribution >= 0.6 is 0 Å². The van der Waals surface area contributed by atoms with Gasteiger partial charge in [0, 0.05) is 61.0 Å². The third kappa shape index (κ3) is 5.47. The Kier molecular flexibility index (Phi) is 7.68. The smallest absolute Gasteiger partial charge is 0.334 e. The molecule has 0 aliphatic carbocycles. The minimum atomic E-state index is -0.565. The molecule has 4 aliphatic heterocycles. The topological polar surface area (TPSA) is 106 Å². The number of likely N-dealkylation sites (N-methyl/N-ethyl adjacent to an activating group) is 2. The maximum atomic E-state index is 12.6. The number of allylic oxidation sites excluding steroid dienone is 1. The average molecular weight is 491 g/mol. The number of carbonyl (C=O) groups excluding carboxylic acids is 3. The Morgan fingerprint density at radius 3 is 1.91 bits per heavy atom. The summed E-state index contributed by atoms with van der Waals surface area (Å²) >= 11 is 0. The lowest BCUT2D eigenvalue weighted by Gasteiger charge is -2.36. The fourth-order valence-corrected chi connectivity index (χ4v) is 6.13. The van der Waals surface area contributed by atoms with Gasteiger partial charge in [0.1, 0.15) is 18.3 Å². The van der Waals surface area contributed by atoms with Crippen molar-refractivity contribution in [1.82, 2.24) is 9.80 Å². The number of rotatable bonds is 6. The number of hydrogen-bond acceptors (Lipinski definition) is 9. The van der Waals surface area contributed by atoms with Gasteiger partial charge in [-0.3, -0.25) is 9.80 Å². The van der Waals surface area contributed by atoms with Crippen LogP contribution in [0.25, 0.3) is 0 Å². The Hall–Kier alpha value is -2.23. The highest BCUT2D eigenvalue weighted by Crippen LogP contribution is 2.38. The first-order chi connectivity index (χ1) is 16.6. The molecule has 4 saturated heterocycles. The molecule has 4 rings (SSSR count). The van der Waals surface area contributed by atoms with Gasteiger partial charge in [0.25, 0.3) is 0 Å². The van der Waals surface area contributed by atoms with Crippen LogP contribution in [0.5, 0.6) is 0 Å². The van der Waals surface area contributed by atoms with Crippen molar-refractivity contribution in [2.24, 2.45) is 0 Å². The third-order valence-electron chi connectivity index (χ3n) is 8.37. The number of fused-ring (bicyclic) bond motifs is 4. The Morgan fingerprint density at radius 1 is 0.771 bits per heavy atom. The van der Waals surface area contributed by atoms with Gasteiger partial charge in [0.05, 0.1) is 12.1 Å². The SMILES string of the molecule is C/C=C(/C)C(=O)O[C@@H]1C[C@H]2C[C@@H](OC(=O)/C=C(\C)C(=O)O[C@@H]3C[C@H]4C[C@@H](O)C[C@@H]3N4C)C[C@@H]1N2C. The minimum Gasteiger partial charge on any atom is -0.459 e. The molecule has 0 spiro atoms. The van der Waals surface area contributed by atoms with Crippen molar-refractivity contribution in [2.45, 2.75) is 108 Å². The number of carbonyl (C=O) groups is 3. The van der Waals surface area contributed by atoms with E-state index in [1.54, 1.807) is 26.8 Å². The van der Waals surface area contributed by atoms with E-state index in [-0.39, 0.29) is 60.1 Å². The van der Waals surface area contributed by atoms with E-state index in [9.17, 15) is 19.5 Å². The molecule has 0 unspecified atom stereocenters. The summed E-state index contributed by atoms with van der Waals surface area (Å²) in [6.07, 6.45) is 5.67. The summed E-state index contributed by atoms with van der Waals surface area (Å²) in [5.41, 5.74) is 0.776. The van der Waals surface area contributed by atoms with Crippen LogP contribution in [-0.2, 0) is 28.6 Å². The lowest BCUT2D eigenvalue weighted by molar-refractivity contribution is -0.151. The van der Waals surface area contributed by atoms with Gasteiger partial charge in [-0.25, -0.2) is 14.4 Å². The van der Waals surface area contributed by atoms with Crippen LogP contribution in [0.2, 0.25) is 0 Å². The Balaban J connectivity index is 1.30. The zero-order valence-corrected chi connectivity index (χ0v) is 21.3. The third-order valence-corrected chi connectivity index (χ3v) is 8.37. The fourth-order valence-electron chi connectivity index (χ4n) is 6.13. The van der Waals surface area contributed by atoms with Gasteiger partial charge >= 0.3 is 17.9 Å². The molecule has 0 aromatic carbocycles. The second-order valence-electron chi connectivity index (χ2n) is 10.6. The average Bonchev–Trinajstić information content (AvgIpc) is 3.07. The maximum Gasteiger partial charge on any atom is 0.334 e. The van der Waals surface area contributed by atoms with Crippen molar-refractivity contribution in [3.63, 3.8) is 0 Å². The predicted molar refractivity (Wildman–Crippen MR) is 127 cm³/mol. The largest absolute Gasteiger partial charge is 0.459 e. The molecule has 4 aliphatic rings. The van der Waals surface area contributed by atoms with Crippen LogP contribution in [-0.4, -0.2) is 95.5 Å². The molecule has 8 atom stereocenters. The molecule has 194 valence electrons. The molecule has 4 fully saturated rings. The second kappa shape index (κ2) is 10.4. The molecule has 4 bridgehead atoms. The van der Waals surface area contributed by atoms with Gasteiger partial charge in [-0.15, -0.1) is 0 Å². The van der Waals surface area contributed by atoms with Gasteiger partial charge in [-0.05, 0) is 47.7 Å². The number of aliphatic hydroxyl groups is 1. The van der Waals surface area contributed by atoms with Crippen LogP contribution in [0.3, 0.4) is 0 Å². The molecule has 0 aromatic rings. The van der Waals surface area contributed by atoms with Crippen molar-refractivity contribution < 1.29 is 33.7 Å². The van der Waals surface area contributed by atoms with E-state index in [1.807, 2.05) is 14.1 Å². The highest BCUT2D eigenvalue weighted by molar-refractivity contribution is 5.96. The quantitative estimate of drug-likeness (QED) is 0.338. The van der Waals surface area contributed by atoms with E-state index in [0.717, 1.165) is 0 Å². The monoisotopic (exact) mass is 490 g/mol. The first kappa shape index (κ1) is 25.9. The summed E-state index contributed by atoms with van der Waals surface area (Å²) in [7, 11) is 4.01. The van der Waals surface area contributed by atoms with Gasteiger partial charge in [0.15, 0.2) is 0 Å². The first-order valence-corrected chi connectivity index (χ1v) is 12.6. The van der Waals surface area contributed by atoms with Crippen molar-refractivity contribution in [3.8, 4) is 0 Å². The number of nitrogens with zero attached hydrogens (tertiary/aromatic N) is 2. The second-order valence-corrected chi connectivity index (χ2v) is 10.6. The minimum absolute atomic E-state index is 0.000746. The molecular formula is C26H38N2O7. The molecule has 35 heavy (non-hydrogen) atoms. The van der Waals surface area contributed by atoms with E-state index in [4.69, 9.17) is 14.2 Å². The van der Waals surface area contributed by atoms with Crippen molar-refractivity contribution in [1.29, 1.82) is 0 Å². The zero-order valence-electron chi connectivity index (χ0n) is 21.3. The molecule has 9 heteroatoms. The van der Waals surface area contributed by atoms with E-state index in [2.05, 4.69) is 9.80 Å². The fraction of sp³-hybridized carbons (Fsp3) is 0.731. The van der Waals surface area contributed by atoms with E-state index in [1.165, 1.54) is 6.08 Å². The normalized spacial score (nSPS) is 37.8. The van der Waals surface area contributed by atoms with E-state index < -0.39 is 11.9 Å². The molecule has 9 nitrogen and oxygen atoms in total. The number of hydrogen-bond donors (Lipinski definition) is 1. The van der Waals surface area contributed by atoms with Crippen molar-refractivity contribution >= 4 is 17.9 Å². The lowest BCUT2D eigenvalue weighted by atomic mass is 10.00. The summed E-state index contributed by atoms with van der Waals surface area (Å²) in [5.74, 6) is -1.41. The summed E-state index contributed by atoms with van der Waals surface area (Å²) < 4.78 is 17.1. The van der Waals surface area contributed by atoms with Crippen LogP contribution < -0.4 is 0 Å². The maximum absolute atomic E-state index is 12.6. The van der Waals surface area contributed by atoms with Crippen LogP contribution in [0.1, 0.15) is 59.3 Å². The standard InChI is InChI=1S/C26H38N2O7/c1-6-14(2)25(31)34-23-11-17-9-19(13-21(23)28(17)5)33-24(30)7-15(3)26(32)35-22-10-16-8-18(29)12-20(22)27(16)4/h6-7,16-23,29H,8-13H2,1-5H3/b14-6-,15-7+/t16-,17-,18-,19-,20+,21+,22-,23-/m1/s1. The predicted octanol–water partition coefficient (Wildman–Crippen LogP) is 1.73.